The van der Waals surface area contributed by atoms with E-state index in [0.29, 0.717) is 5.16 Å². The molecule has 226 valence electrons. The third-order valence-electron chi connectivity index (χ3n) is 9.37. The van der Waals surface area contributed by atoms with Crippen LogP contribution in [0.5, 0.6) is 0 Å². The average Bonchev–Trinajstić information content (AvgIpc) is 3.07. The fraction of sp³-hybridized carbons (Fsp3) is 0.256. The summed E-state index contributed by atoms with van der Waals surface area (Å²) in [5.41, 5.74) is 7.18. The van der Waals surface area contributed by atoms with Gasteiger partial charge in [-0.1, -0.05) is 109 Å². The Kier molecular flexibility index (Phi) is 7.92. The minimum absolute atomic E-state index is 0.00891. The summed E-state index contributed by atoms with van der Waals surface area (Å²) >= 11 is 1.35. The van der Waals surface area contributed by atoms with E-state index in [2.05, 4.69) is 18.2 Å². The van der Waals surface area contributed by atoms with Gasteiger partial charge in [0.1, 0.15) is 0 Å². The number of carbonyl (C=O) groups excluding carboxylic acids is 1. The Bertz CT molecular complexity index is 1860. The molecule has 1 atom stereocenters. The van der Waals surface area contributed by atoms with E-state index >= 15 is 0 Å². The van der Waals surface area contributed by atoms with Crippen LogP contribution >= 0.6 is 11.8 Å². The van der Waals surface area contributed by atoms with Crippen molar-refractivity contribution in [2.75, 3.05) is 4.90 Å². The third-order valence-corrected chi connectivity index (χ3v) is 10.4. The van der Waals surface area contributed by atoms with Crippen molar-refractivity contribution in [3.63, 3.8) is 0 Å². The number of rotatable bonds is 6. The number of aromatic nitrogens is 2. The molecule has 2 aliphatic carbocycles. The van der Waals surface area contributed by atoms with Gasteiger partial charge in [0.15, 0.2) is 5.16 Å². The summed E-state index contributed by atoms with van der Waals surface area (Å²) in [7, 11) is 0. The second-order valence-corrected chi connectivity index (χ2v) is 13.7. The van der Waals surface area contributed by atoms with Crippen LogP contribution in [0.3, 0.4) is 0 Å². The van der Waals surface area contributed by atoms with E-state index in [-0.39, 0.29) is 16.9 Å². The van der Waals surface area contributed by atoms with Crippen molar-refractivity contribution in [2.45, 2.75) is 68.2 Å². The Hall–Kier alpha value is -4.42. The van der Waals surface area contributed by atoms with Gasteiger partial charge in [0, 0.05) is 22.4 Å². The molecule has 5 aromatic rings. The SMILES string of the molecule is Cc1ccc(-n2c(SC(C)C(=O)N(c3ccccc3)c3ccccc3)nc3c(c2=O)C2(CCCCC2)Cc2ccccc2-3)cc1. The molecule has 1 saturated carbocycles. The Morgan fingerprint density at radius 1 is 0.822 bits per heavy atom. The van der Waals surface area contributed by atoms with E-state index in [1.807, 2.05) is 105 Å². The number of aryl methyl sites for hydroxylation is 1. The Balaban J connectivity index is 1.39. The molecule has 0 radical (unpaired) electrons. The highest BCUT2D eigenvalue weighted by Crippen LogP contribution is 2.49. The number of hydrogen-bond donors (Lipinski definition) is 0. The Morgan fingerprint density at radius 2 is 1.42 bits per heavy atom. The molecule has 45 heavy (non-hydrogen) atoms. The maximum atomic E-state index is 14.9. The van der Waals surface area contributed by atoms with Crippen molar-refractivity contribution in [3.05, 3.63) is 136 Å². The lowest BCUT2D eigenvalue weighted by atomic mass is 9.62. The van der Waals surface area contributed by atoms with Gasteiger partial charge in [-0.05, 0) is 75.1 Å². The maximum Gasteiger partial charge on any atom is 0.263 e. The van der Waals surface area contributed by atoms with Gasteiger partial charge in [-0.3, -0.25) is 19.1 Å². The van der Waals surface area contributed by atoms with Gasteiger partial charge in [0.25, 0.3) is 5.56 Å². The molecule has 7 rings (SSSR count). The van der Waals surface area contributed by atoms with Gasteiger partial charge in [-0.15, -0.1) is 0 Å². The standard InChI is InChI=1S/C39H37N3O2S/c1-27-20-22-32(23-21-27)42-37(44)34-35(33-19-11-10-14-29(33)26-39(34)24-12-5-13-25-39)40-38(42)45-28(2)36(43)41(30-15-6-3-7-16-30)31-17-8-4-9-18-31/h3-4,6-11,14-23,28H,5,12-13,24-26H2,1-2H3. The number of amides is 1. The number of fused-ring (bicyclic) bond motifs is 4. The van der Waals surface area contributed by atoms with E-state index < -0.39 is 5.25 Å². The van der Waals surface area contributed by atoms with Crippen molar-refractivity contribution in [2.24, 2.45) is 0 Å². The molecule has 5 nitrogen and oxygen atoms in total. The molecule has 1 amide bonds. The molecule has 0 bridgehead atoms. The molecule has 6 heteroatoms. The molecular formula is C39H37N3O2S. The van der Waals surface area contributed by atoms with Crippen LogP contribution in [0, 0.1) is 6.92 Å². The normalized spacial score (nSPS) is 15.6. The molecule has 1 aromatic heterocycles. The van der Waals surface area contributed by atoms with Crippen molar-refractivity contribution in [3.8, 4) is 16.9 Å². The van der Waals surface area contributed by atoms with Gasteiger partial charge in [0.2, 0.25) is 5.91 Å². The summed E-state index contributed by atoms with van der Waals surface area (Å²) in [5.74, 6) is -0.0797. The van der Waals surface area contributed by atoms with Gasteiger partial charge in [-0.25, -0.2) is 4.98 Å². The number of nitrogens with zero attached hydrogens (tertiary/aromatic N) is 3. The predicted molar refractivity (Wildman–Crippen MR) is 184 cm³/mol. The first-order chi connectivity index (χ1) is 21.9. The topological polar surface area (TPSA) is 55.2 Å². The highest BCUT2D eigenvalue weighted by molar-refractivity contribution is 8.00. The number of carbonyl (C=O) groups is 1. The van der Waals surface area contributed by atoms with Gasteiger partial charge in [-0.2, -0.15) is 0 Å². The summed E-state index contributed by atoms with van der Waals surface area (Å²) < 4.78 is 1.77. The minimum Gasteiger partial charge on any atom is -0.280 e. The summed E-state index contributed by atoms with van der Waals surface area (Å²) in [6.07, 6.45) is 6.27. The molecule has 1 unspecified atom stereocenters. The van der Waals surface area contributed by atoms with Crippen LogP contribution in [-0.4, -0.2) is 20.7 Å². The highest BCUT2D eigenvalue weighted by Gasteiger charge is 2.44. The number of anilines is 2. The van der Waals surface area contributed by atoms with Gasteiger partial charge in [0.05, 0.1) is 22.2 Å². The Labute approximate surface area is 269 Å². The lowest BCUT2D eigenvalue weighted by molar-refractivity contribution is -0.117. The van der Waals surface area contributed by atoms with Crippen molar-refractivity contribution < 1.29 is 4.79 Å². The minimum atomic E-state index is -0.533. The fourth-order valence-electron chi connectivity index (χ4n) is 7.14. The average molecular weight is 612 g/mol. The smallest absolute Gasteiger partial charge is 0.263 e. The highest BCUT2D eigenvalue weighted by atomic mass is 32.2. The molecule has 2 aliphatic rings. The second kappa shape index (κ2) is 12.2. The summed E-state index contributed by atoms with van der Waals surface area (Å²) in [6.45, 7) is 3.96. The van der Waals surface area contributed by atoms with Crippen molar-refractivity contribution >= 4 is 29.0 Å². The van der Waals surface area contributed by atoms with E-state index in [1.165, 1.54) is 23.7 Å². The molecule has 0 N–H and O–H groups in total. The summed E-state index contributed by atoms with van der Waals surface area (Å²) in [6, 6.07) is 35.9. The predicted octanol–water partition coefficient (Wildman–Crippen LogP) is 8.81. The first kappa shape index (κ1) is 29.3. The lowest BCUT2D eigenvalue weighted by Crippen LogP contribution is -2.43. The molecule has 1 heterocycles. The van der Waals surface area contributed by atoms with Crippen LogP contribution in [-0.2, 0) is 16.6 Å². The van der Waals surface area contributed by atoms with Crippen LogP contribution < -0.4 is 10.5 Å². The summed E-state index contributed by atoms with van der Waals surface area (Å²) in [4.78, 5) is 36.4. The van der Waals surface area contributed by atoms with E-state index in [0.717, 1.165) is 71.6 Å². The van der Waals surface area contributed by atoms with Gasteiger partial charge < -0.3 is 0 Å². The second-order valence-electron chi connectivity index (χ2n) is 12.4. The van der Waals surface area contributed by atoms with Crippen molar-refractivity contribution in [1.82, 2.24) is 9.55 Å². The monoisotopic (exact) mass is 611 g/mol. The zero-order valence-corrected chi connectivity index (χ0v) is 26.6. The number of hydrogen-bond acceptors (Lipinski definition) is 4. The van der Waals surface area contributed by atoms with Gasteiger partial charge >= 0.3 is 0 Å². The third kappa shape index (κ3) is 5.42. The molecule has 4 aromatic carbocycles. The summed E-state index contributed by atoms with van der Waals surface area (Å²) in [5, 5.41) is 0.00160. The van der Waals surface area contributed by atoms with Crippen LogP contribution in [0.15, 0.2) is 119 Å². The Morgan fingerprint density at radius 3 is 2.07 bits per heavy atom. The molecular weight excluding hydrogens is 575 g/mol. The van der Waals surface area contributed by atoms with E-state index in [9.17, 15) is 9.59 Å². The number of thioether (sulfide) groups is 1. The van der Waals surface area contributed by atoms with Crippen molar-refractivity contribution in [1.29, 1.82) is 0 Å². The van der Waals surface area contributed by atoms with E-state index in [1.54, 1.807) is 9.47 Å². The molecule has 1 spiro atoms. The lowest BCUT2D eigenvalue weighted by Gasteiger charge is -2.42. The van der Waals surface area contributed by atoms with Crippen LogP contribution in [0.25, 0.3) is 16.9 Å². The zero-order chi connectivity index (χ0) is 31.0. The fourth-order valence-corrected chi connectivity index (χ4v) is 8.10. The molecule has 0 aliphatic heterocycles. The largest absolute Gasteiger partial charge is 0.280 e. The van der Waals surface area contributed by atoms with E-state index in [4.69, 9.17) is 4.98 Å². The molecule has 0 saturated heterocycles. The first-order valence-electron chi connectivity index (χ1n) is 15.9. The number of benzene rings is 4. The molecule has 1 fully saturated rings. The quantitative estimate of drug-likeness (QED) is 0.142. The number of para-hydroxylation sites is 2. The van der Waals surface area contributed by atoms with Crippen LogP contribution in [0.2, 0.25) is 0 Å². The zero-order valence-electron chi connectivity index (χ0n) is 25.8. The maximum absolute atomic E-state index is 14.9. The van der Waals surface area contributed by atoms with Crippen LogP contribution in [0.1, 0.15) is 55.7 Å². The first-order valence-corrected chi connectivity index (χ1v) is 16.8. The van der Waals surface area contributed by atoms with Crippen LogP contribution in [0.4, 0.5) is 11.4 Å².